The Kier molecular flexibility index (Phi) is 7.87. The van der Waals surface area contributed by atoms with E-state index in [-0.39, 0.29) is 5.24 Å². The lowest BCUT2D eigenvalue weighted by atomic mass is 9.87. The molecule has 7 nitrogen and oxygen atoms in total. The van der Waals surface area contributed by atoms with E-state index in [1.54, 1.807) is 12.2 Å². The molecule has 2 aliphatic heterocycles. The number of rotatable bonds is 9. The van der Waals surface area contributed by atoms with Crippen LogP contribution < -0.4 is 24.3 Å². The first kappa shape index (κ1) is 26.7. The van der Waals surface area contributed by atoms with Crippen LogP contribution in [0.25, 0.3) is 6.08 Å². The molecule has 196 valence electrons. The van der Waals surface area contributed by atoms with Gasteiger partial charge in [-0.1, -0.05) is 18.7 Å². The molecule has 1 atom stereocenters. The monoisotopic (exact) mass is 523 g/mol. The van der Waals surface area contributed by atoms with Gasteiger partial charge in [0.1, 0.15) is 30.3 Å². The molecule has 0 aliphatic carbocycles. The van der Waals surface area contributed by atoms with E-state index in [0.717, 1.165) is 58.4 Å². The Labute approximate surface area is 222 Å². The van der Waals surface area contributed by atoms with Crippen LogP contribution in [0.4, 0.5) is 4.79 Å². The topological polar surface area (TPSA) is 83.1 Å². The van der Waals surface area contributed by atoms with Crippen molar-refractivity contribution in [2.45, 2.75) is 53.1 Å². The second-order valence-corrected chi connectivity index (χ2v) is 10.5. The Hall–Kier alpha value is -3.39. The van der Waals surface area contributed by atoms with Gasteiger partial charge in [0.2, 0.25) is 0 Å². The maximum Gasteiger partial charge on any atom is 0.290 e. The third-order valence-corrected chi connectivity index (χ3v) is 7.46. The number of benzene rings is 2. The zero-order chi connectivity index (χ0) is 26.7. The van der Waals surface area contributed by atoms with Gasteiger partial charge in [0.05, 0.1) is 11.5 Å². The first-order valence-corrected chi connectivity index (χ1v) is 13.2. The van der Waals surface area contributed by atoms with Gasteiger partial charge < -0.3 is 18.9 Å². The third-order valence-electron chi connectivity index (χ3n) is 6.65. The van der Waals surface area contributed by atoms with Crippen molar-refractivity contribution in [2.75, 3.05) is 19.8 Å². The van der Waals surface area contributed by atoms with Crippen molar-refractivity contribution in [1.29, 1.82) is 0 Å². The molecule has 8 heteroatoms. The minimum atomic E-state index is -0.525. The van der Waals surface area contributed by atoms with Crippen molar-refractivity contribution < 1.29 is 28.5 Å². The van der Waals surface area contributed by atoms with Gasteiger partial charge >= 0.3 is 0 Å². The fourth-order valence-electron chi connectivity index (χ4n) is 4.55. The quantitative estimate of drug-likeness (QED) is 0.316. The lowest BCUT2D eigenvalue weighted by Crippen LogP contribution is -2.42. The largest absolute Gasteiger partial charge is 0.490 e. The van der Waals surface area contributed by atoms with Crippen molar-refractivity contribution in [2.24, 2.45) is 0 Å². The maximum absolute atomic E-state index is 11.9. The van der Waals surface area contributed by atoms with E-state index in [4.69, 9.17) is 18.9 Å². The summed E-state index contributed by atoms with van der Waals surface area (Å²) in [6, 6.07) is 5.46. The maximum atomic E-state index is 11.9. The Morgan fingerprint density at radius 2 is 1.89 bits per heavy atom. The molecule has 0 saturated carbocycles. The molecule has 0 radical (unpaired) electrons. The molecule has 1 fully saturated rings. The van der Waals surface area contributed by atoms with Gasteiger partial charge in [-0.3, -0.25) is 14.9 Å². The average Bonchev–Trinajstić information content (AvgIpc) is 3.18. The summed E-state index contributed by atoms with van der Waals surface area (Å²) < 4.78 is 24.6. The molecule has 2 aliphatic rings. The molecule has 0 bridgehead atoms. The van der Waals surface area contributed by atoms with E-state index < -0.39 is 11.5 Å². The molecule has 2 aromatic rings. The van der Waals surface area contributed by atoms with Crippen molar-refractivity contribution >= 4 is 29.0 Å². The molecule has 2 amide bonds. The number of carbonyl (C=O) groups excluding carboxylic acids is 2. The summed E-state index contributed by atoms with van der Waals surface area (Å²) in [6.07, 6.45) is 5.07. The number of imide groups is 1. The summed E-state index contributed by atoms with van der Waals surface area (Å²) >= 11 is 0.883. The van der Waals surface area contributed by atoms with Gasteiger partial charge in [-0.2, -0.15) is 0 Å². The van der Waals surface area contributed by atoms with Crippen LogP contribution in [0.15, 0.2) is 35.8 Å². The van der Waals surface area contributed by atoms with Crippen molar-refractivity contribution in [1.82, 2.24) is 5.32 Å². The highest BCUT2D eigenvalue weighted by Crippen LogP contribution is 2.44. The highest BCUT2D eigenvalue weighted by atomic mass is 32.2. The molecule has 2 aromatic carbocycles. The van der Waals surface area contributed by atoms with Crippen molar-refractivity contribution in [3.8, 4) is 23.0 Å². The van der Waals surface area contributed by atoms with E-state index in [2.05, 4.69) is 39.6 Å². The number of thioether (sulfide) groups is 1. The van der Waals surface area contributed by atoms with Gasteiger partial charge in [-0.05, 0) is 99.7 Å². The lowest BCUT2D eigenvalue weighted by molar-refractivity contribution is -0.115. The summed E-state index contributed by atoms with van der Waals surface area (Å²) in [4.78, 5) is 23.7. The molecule has 1 N–H and O–H groups in total. The lowest BCUT2D eigenvalue weighted by Gasteiger charge is -2.38. The molecular weight excluding hydrogens is 490 g/mol. The summed E-state index contributed by atoms with van der Waals surface area (Å²) in [6.45, 7) is 15.2. The fraction of sp³-hybridized carbons (Fsp3) is 0.379. The van der Waals surface area contributed by atoms with Crippen LogP contribution >= 0.6 is 11.8 Å². The summed E-state index contributed by atoms with van der Waals surface area (Å²) in [5.41, 5.74) is 4.66. The number of carbonyl (C=O) groups is 2. The Morgan fingerprint density at radius 1 is 1.11 bits per heavy atom. The number of hydrogen-bond acceptors (Lipinski definition) is 7. The van der Waals surface area contributed by atoms with E-state index in [1.807, 2.05) is 25.1 Å². The zero-order valence-corrected chi connectivity index (χ0v) is 22.8. The molecule has 1 unspecified atom stereocenters. The Balaban J connectivity index is 1.53. The summed E-state index contributed by atoms with van der Waals surface area (Å²) in [5.74, 6) is 2.59. The first-order valence-electron chi connectivity index (χ1n) is 12.4. The number of hydrogen-bond donors (Lipinski definition) is 1. The minimum Gasteiger partial charge on any atom is -0.490 e. The highest BCUT2D eigenvalue weighted by Gasteiger charge is 2.36. The van der Waals surface area contributed by atoms with Crippen molar-refractivity contribution in [3.63, 3.8) is 0 Å². The second-order valence-electron chi connectivity index (χ2n) is 9.44. The van der Waals surface area contributed by atoms with Gasteiger partial charge in [0.25, 0.3) is 11.1 Å². The summed E-state index contributed by atoms with van der Waals surface area (Å²) in [7, 11) is 0. The van der Waals surface area contributed by atoms with Crippen LogP contribution in [0.1, 0.15) is 48.1 Å². The minimum absolute atomic E-state index is 0.339. The van der Waals surface area contributed by atoms with Gasteiger partial charge in [-0.25, -0.2) is 0 Å². The first-order chi connectivity index (χ1) is 17.7. The molecule has 2 heterocycles. The van der Waals surface area contributed by atoms with E-state index >= 15 is 0 Å². The van der Waals surface area contributed by atoms with E-state index in [1.165, 1.54) is 5.56 Å². The Bertz CT molecular complexity index is 1280. The van der Waals surface area contributed by atoms with Crippen LogP contribution in [0, 0.1) is 20.8 Å². The predicted octanol–water partition coefficient (Wildman–Crippen LogP) is 6.06. The predicted molar refractivity (Wildman–Crippen MR) is 146 cm³/mol. The van der Waals surface area contributed by atoms with Crippen LogP contribution in [-0.4, -0.2) is 36.6 Å². The van der Waals surface area contributed by atoms with Gasteiger partial charge in [-0.15, -0.1) is 0 Å². The fourth-order valence-corrected chi connectivity index (χ4v) is 5.23. The average molecular weight is 524 g/mol. The smallest absolute Gasteiger partial charge is 0.290 e. The third kappa shape index (κ3) is 5.64. The molecular formula is C29H33NO6S. The molecule has 37 heavy (non-hydrogen) atoms. The number of ether oxygens (including phenoxy) is 4. The SMILES string of the molecule is C=CCOc1c(C)c(C)c2c(c1C)CCC(C)(COc1ccc(/C=C3\SC(=O)NC3=O)cc1OCC)O2. The van der Waals surface area contributed by atoms with E-state index in [9.17, 15) is 9.59 Å². The number of fused-ring (bicyclic) bond motifs is 1. The van der Waals surface area contributed by atoms with Crippen LogP contribution in [0.2, 0.25) is 0 Å². The van der Waals surface area contributed by atoms with E-state index in [0.29, 0.717) is 36.2 Å². The standard InChI is InChI=1S/C29H33NO6S/c1-7-13-34-25-17(3)18(4)26-21(19(25)5)11-12-29(6,36-26)16-35-22-10-9-20(14-23(22)33-8-2)15-24-27(31)30-28(32)37-24/h7,9-10,14-15H,1,8,11-13,16H2,2-6H3,(H,30,31,32)/b24-15-. The molecule has 0 spiro atoms. The molecule has 1 saturated heterocycles. The molecule has 4 rings (SSSR count). The summed E-state index contributed by atoms with van der Waals surface area (Å²) in [5, 5.41) is 1.89. The van der Waals surface area contributed by atoms with Crippen LogP contribution in [0.5, 0.6) is 23.0 Å². The van der Waals surface area contributed by atoms with Crippen LogP contribution in [-0.2, 0) is 11.2 Å². The van der Waals surface area contributed by atoms with Gasteiger partial charge in [0, 0.05) is 5.56 Å². The normalized spacial score (nSPS) is 19.8. The Morgan fingerprint density at radius 3 is 2.57 bits per heavy atom. The highest BCUT2D eigenvalue weighted by molar-refractivity contribution is 8.18. The van der Waals surface area contributed by atoms with Gasteiger partial charge in [0.15, 0.2) is 11.5 Å². The zero-order valence-electron chi connectivity index (χ0n) is 22.0. The van der Waals surface area contributed by atoms with Crippen molar-refractivity contribution in [3.05, 3.63) is 63.6 Å². The second kappa shape index (κ2) is 10.9. The number of nitrogens with one attached hydrogen (secondary N) is 1. The van der Waals surface area contributed by atoms with Crippen LogP contribution in [0.3, 0.4) is 0 Å². The number of amides is 2. The molecule has 0 aromatic heterocycles.